The van der Waals surface area contributed by atoms with Gasteiger partial charge in [0.25, 0.3) is 5.91 Å². The van der Waals surface area contributed by atoms with Crippen LogP contribution in [0.3, 0.4) is 0 Å². The fraction of sp³-hybridized carbons (Fsp3) is 0.571. The largest absolute Gasteiger partial charge is 0.335 e. The van der Waals surface area contributed by atoms with Crippen molar-refractivity contribution in [3.63, 3.8) is 0 Å². The molecule has 1 amide bonds. The van der Waals surface area contributed by atoms with E-state index < -0.39 is 0 Å². The van der Waals surface area contributed by atoms with Crippen molar-refractivity contribution in [3.8, 4) is 5.69 Å². The number of nitrogens with zero attached hydrogens (tertiary/aromatic N) is 4. The van der Waals surface area contributed by atoms with E-state index in [1.165, 1.54) is 19.3 Å². The van der Waals surface area contributed by atoms with Gasteiger partial charge in [0, 0.05) is 19.0 Å². The second-order valence-corrected chi connectivity index (χ2v) is 8.97. The SMILES string of the molecule is CC1CCN(C(=O)c2nc(C3CC3)n(-c3ccccc3Cl)n2)CC12CCC2. The van der Waals surface area contributed by atoms with Crippen molar-refractivity contribution in [3.05, 3.63) is 40.9 Å². The Morgan fingerprint density at radius 3 is 2.67 bits per heavy atom. The molecule has 0 bridgehead atoms. The summed E-state index contributed by atoms with van der Waals surface area (Å²) in [5.41, 5.74) is 1.13. The van der Waals surface area contributed by atoms with E-state index in [1.54, 1.807) is 4.68 Å². The molecule has 1 aromatic heterocycles. The number of para-hydroxylation sites is 1. The zero-order valence-corrected chi connectivity index (χ0v) is 16.5. The number of carbonyl (C=O) groups is 1. The lowest BCUT2D eigenvalue weighted by molar-refractivity contribution is -0.0212. The quantitative estimate of drug-likeness (QED) is 0.785. The predicted octanol–water partition coefficient (Wildman–Crippen LogP) is 4.45. The van der Waals surface area contributed by atoms with Crippen molar-refractivity contribution in [2.45, 2.75) is 51.4 Å². The molecule has 5 nitrogen and oxygen atoms in total. The van der Waals surface area contributed by atoms with Gasteiger partial charge in [-0.2, -0.15) is 0 Å². The number of likely N-dealkylation sites (tertiary alicyclic amines) is 1. The minimum absolute atomic E-state index is 0.0270. The third-order valence-corrected chi connectivity index (χ3v) is 7.19. The summed E-state index contributed by atoms with van der Waals surface area (Å²) in [6.07, 6.45) is 7.05. The van der Waals surface area contributed by atoms with Crippen LogP contribution < -0.4 is 0 Å². The van der Waals surface area contributed by atoms with E-state index in [1.807, 2.05) is 29.2 Å². The lowest BCUT2D eigenvalue weighted by Crippen LogP contribution is -2.53. The highest BCUT2D eigenvalue weighted by Crippen LogP contribution is 2.51. The topological polar surface area (TPSA) is 51.0 Å². The van der Waals surface area contributed by atoms with E-state index in [2.05, 4.69) is 17.0 Å². The maximum Gasteiger partial charge on any atom is 0.293 e. The van der Waals surface area contributed by atoms with Crippen molar-refractivity contribution in [1.82, 2.24) is 19.7 Å². The fourth-order valence-corrected chi connectivity index (χ4v) is 4.90. The first kappa shape index (κ1) is 17.2. The van der Waals surface area contributed by atoms with Crippen molar-refractivity contribution in [2.24, 2.45) is 11.3 Å². The number of aromatic nitrogens is 3. The Kier molecular flexibility index (Phi) is 4.04. The summed E-state index contributed by atoms with van der Waals surface area (Å²) in [5.74, 6) is 2.25. The average molecular weight is 385 g/mol. The predicted molar refractivity (Wildman–Crippen MR) is 104 cm³/mol. The molecule has 1 spiro atoms. The molecule has 1 saturated heterocycles. The molecule has 0 N–H and O–H groups in total. The van der Waals surface area contributed by atoms with E-state index in [0.29, 0.717) is 28.1 Å². The van der Waals surface area contributed by atoms with Gasteiger partial charge in [0.15, 0.2) is 0 Å². The third kappa shape index (κ3) is 2.87. The van der Waals surface area contributed by atoms with Gasteiger partial charge in [-0.25, -0.2) is 9.67 Å². The van der Waals surface area contributed by atoms with Crippen molar-refractivity contribution < 1.29 is 4.79 Å². The molecule has 5 rings (SSSR count). The molecule has 1 aliphatic heterocycles. The minimum atomic E-state index is -0.0270. The van der Waals surface area contributed by atoms with E-state index in [0.717, 1.165) is 43.9 Å². The molecule has 3 aliphatic rings. The van der Waals surface area contributed by atoms with Gasteiger partial charge in [0.1, 0.15) is 5.82 Å². The summed E-state index contributed by atoms with van der Waals surface area (Å²) < 4.78 is 1.79. The van der Waals surface area contributed by atoms with Gasteiger partial charge in [-0.15, -0.1) is 5.10 Å². The summed E-state index contributed by atoms with van der Waals surface area (Å²) in [6.45, 7) is 4.00. The third-order valence-electron chi connectivity index (χ3n) is 6.87. The molecular weight excluding hydrogens is 360 g/mol. The molecule has 2 aliphatic carbocycles. The Morgan fingerprint density at radius 1 is 1.22 bits per heavy atom. The van der Waals surface area contributed by atoms with Crippen LogP contribution in [-0.4, -0.2) is 38.7 Å². The lowest BCUT2D eigenvalue weighted by Gasteiger charge is -2.52. The number of piperidine rings is 1. The lowest BCUT2D eigenvalue weighted by atomic mass is 9.59. The molecule has 2 heterocycles. The summed E-state index contributed by atoms with van der Waals surface area (Å²) in [4.78, 5) is 19.9. The summed E-state index contributed by atoms with van der Waals surface area (Å²) in [5, 5.41) is 5.25. The van der Waals surface area contributed by atoms with E-state index >= 15 is 0 Å². The first-order valence-electron chi connectivity index (χ1n) is 10.1. The average Bonchev–Trinajstić information content (AvgIpc) is 3.39. The Hall–Kier alpha value is -1.88. The van der Waals surface area contributed by atoms with Crippen LogP contribution in [0.2, 0.25) is 5.02 Å². The number of hydrogen-bond acceptors (Lipinski definition) is 3. The molecule has 1 atom stereocenters. The highest BCUT2D eigenvalue weighted by atomic mass is 35.5. The molecule has 1 unspecified atom stereocenters. The fourth-order valence-electron chi connectivity index (χ4n) is 4.69. The van der Waals surface area contributed by atoms with Gasteiger partial charge in [-0.3, -0.25) is 4.79 Å². The first-order chi connectivity index (χ1) is 13.1. The number of rotatable bonds is 3. The number of hydrogen-bond donors (Lipinski definition) is 0. The number of amides is 1. The molecule has 2 saturated carbocycles. The van der Waals surface area contributed by atoms with Crippen LogP contribution in [0, 0.1) is 11.3 Å². The Balaban J connectivity index is 1.46. The molecule has 2 aromatic rings. The molecular formula is C21H25ClN4O. The minimum Gasteiger partial charge on any atom is -0.335 e. The second kappa shape index (κ2) is 6.33. The van der Waals surface area contributed by atoms with Gasteiger partial charge in [-0.1, -0.05) is 37.1 Å². The summed E-state index contributed by atoms with van der Waals surface area (Å²) >= 11 is 6.39. The Labute approximate surface area is 164 Å². The number of carbonyl (C=O) groups excluding carboxylic acids is 1. The normalized spacial score (nSPS) is 24.1. The number of benzene rings is 1. The zero-order valence-electron chi connectivity index (χ0n) is 15.7. The van der Waals surface area contributed by atoms with E-state index in [9.17, 15) is 4.79 Å². The monoisotopic (exact) mass is 384 g/mol. The van der Waals surface area contributed by atoms with Crippen LogP contribution in [0.25, 0.3) is 5.69 Å². The van der Waals surface area contributed by atoms with Gasteiger partial charge < -0.3 is 4.90 Å². The van der Waals surface area contributed by atoms with Crippen LogP contribution in [0.5, 0.6) is 0 Å². The molecule has 3 fully saturated rings. The maximum atomic E-state index is 13.2. The Morgan fingerprint density at radius 2 is 2.00 bits per heavy atom. The molecule has 27 heavy (non-hydrogen) atoms. The molecule has 1 aromatic carbocycles. The van der Waals surface area contributed by atoms with Crippen LogP contribution >= 0.6 is 11.6 Å². The second-order valence-electron chi connectivity index (χ2n) is 8.56. The molecule has 142 valence electrons. The zero-order chi connectivity index (χ0) is 18.6. The summed E-state index contributed by atoms with van der Waals surface area (Å²) in [7, 11) is 0. The maximum absolute atomic E-state index is 13.2. The molecule has 0 radical (unpaired) electrons. The van der Waals surface area contributed by atoms with Crippen LogP contribution in [0.4, 0.5) is 0 Å². The molecule has 6 heteroatoms. The van der Waals surface area contributed by atoms with Crippen molar-refractivity contribution in [2.75, 3.05) is 13.1 Å². The van der Waals surface area contributed by atoms with Crippen LogP contribution in [0.1, 0.15) is 67.8 Å². The van der Waals surface area contributed by atoms with E-state index in [-0.39, 0.29) is 5.91 Å². The van der Waals surface area contributed by atoms with Crippen LogP contribution in [-0.2, 0) is 0 Å². The van der Waals surface area contributed by atoms with Gasteiger partial charge in [0.05, 0.1) is 10.7 Å². The first-order valence-corrected chi connectivity index (χ1v) is 10.5. The van der Waals surface area contributed by atoms with Crippen LogP contribution in [0.15, 0.2) is 24.3 Å². The highest BCUT2D eigenvalue weighted by molar-refractivity contribution is 6.32. The van der Waals surface area contributed by atoms with Gasteiger partial charge >= 0.3 is 0 Å². The number of halogens is 1. The van der Waals surface area contributed by atoms with Gasteiger partial charge in [0.2, 0.25) is 5.82 Å². The van der Waals surface area contributed by atoms with Gasteiger partial charge in [-0.05, 0) is 55.6 Å². The standard InChI is InChI=1S/C21H25ClN4O/c1-14-9-12-25(13-21(14)10-4-11-21)20(27)18-23-19(15-7-8-15)26(24-18)17-6-3-2-5-16(17)22/h2-3,5-6,14-15H,4,7-13H2,1H3. The van der Waals surface area contributed by atoms with Crippen molar-refractivity contribution >= 4 is 17.5 Å². The highest BCUT2D eigenvalue weighted by Gasteiger charge is 2.47. The smallest absolute Gasteiger partial charge is 0.293 e. The Bertz CT molecular complexity index is 884. The van der Waals surface area contributed by atoms with Crippen molar-refractivity contribution in [1.29, 1.82) is 0 Å². The van der Waals surface area contributed by atoms with E-state index in [4.69, 9.17) is 11.6 Å². The summed E-state index contributed by atoms with van der Waals surface area (Å²) in [6, 6.07) is 7.62.